The van der Waals surface area contributed by atoms with E-state index in [1.54, 1.807) is 14.2 Å². The average molecular weight is 552 g/mol. The van der Waals surface area contributed by atoms with Gasteiger partial charge in [0, 0.05) is 39.9 Å². The first-order chi connectivity index (χ1) is 20.0. The van der Waals surface area contributed by atoms with Gasteiger partial charge in [0.15, 0.2) is 0 Å². The number of amides is 3. The summed E-state index contributed by atoms with van der Waals surface area (Å²) in [5, 5.41) is 5.01. The van der Waals surface area contributed by atoms with Gasteiger partial charge in [-0.05, 0) is 70.1 Å². The molecule has 0 N–H and O–H groups in total. The average Bonchev–Trinajstić information content (AvgIpc) is 3.19. The monoisotopic (exact) mass is 551 g/mol. The van der Waals surface area contributed by atoms with E-state index >= 15 is 0 Å². The summed E-state index contributed by atoms with van der Waals surface area (Å²) in [7, 11) is 3.28. The fourth-order valence-corrected chi connectivity index (χ4v) is 6.62. The summed E-state index contributed by atoms with van der Waals surface area (Å²) in [6.07, 6.45) is 1.92. The smallest absolute Gasteiger partial charge is 0.327 e. The minimum Gasteiger partial charge on any atom is -0.497 e. The second kappa shape index (κ2) is 11.5. The largest absolute Gasteiger partial charge is 0.497 e. The number of fused-ring (bicyclic) bond motifs is 2. The lowest BCUT2D eigenvalue weighted by Gasteiger charge is -2.42. The SMILES string of the molecule is COCCCN1C(=O)N(Cc2cccc(OC)c2)C(=O)C12CCN(Cc1c3ccccc3cc3ccccc13)CC2. The Morgan fingerprint density at radius 2 is 1.49 bits per heavy atom. The number of hydrogen-bond donors (Lipinski definition) is 0. The summed E-state index contributed by atoms with van der Waals surface area (Å²) in [6, 6.07) is 26.8. The minimum atomic E-state index is -0.818. The van der Waals surface area contributed by atoms with Crippen LogP contribution in [0.2, 0.25) is 0 Å². The van der Waals surface area contributed by atoms with Gasteiger partial charge in [-0.2, -0.15) is 0 Å². The van der Waals surface area contributed by atoms with Crippen LogP contribution in [-0.2, 0) is 22.6 Å². The normalized spacial score (nSPS) is 17.3. The number of ether oxygens (including phenoxy) is 2. The Morgan fingerprint density at radius 3 is 2.15 bits per heavy atom. The minimum absolute atomic E-state index is 0.0852. The van der Waals surface area contributed by atoms with E-state index in [9.17, 15) is 9.59 Å². The topological polar surface area (TPSA) is 62.3 Å². The molecule has 41 heavy (non-hydrogen) atoms. The van der Waals surface area contributed by atoms with E-state index in [4.69, 9.17) is 9.47 Å². The molecule has 6 rings (SSSR count). The van der Waals surface area contributed by atoms with Crippen LogP contribution in [0.1, 0.15) is 30.4 Å². The molecule has 0 bridgehead atoms. The molecular formula is C34H37N3O4. The fourth-order valence-electron chi connectivity index (χ4n) is 6.62. The molecule has 3 amide bonds. The first-order valence-corrected chi connectivity index (χ1v) is 14.4. The number of urea groups is 1. The van der Waals surface area contributed by atoms with Crippen molar-refractivity contribution in [2.45, 2.75) is 37.9 Å². The number of benzene rings is 4. The van der Waals surface area contributed by atoms with E-state index in [-0.39, 0.29) is 18.5 Å². The number of carbonyl (C=O) groups is 2. The molecule has 4 aromatic rings. The summed E-state index contributed by atoms with van der Waals surface area (Å²) >= 11 is 0. The standard InChI is InChI=1S/C34H37N3O4/c1-40-20-8-17-37-33(39)36(23-25-9-7-12-28(21-25)41-2)32(38)34(37)15-18-35(19-16-34)24-31-29-13-5-3-10-26(29)22-27-11-4-6-14-30(27)31/h3-7,9-14,21-22H,8,15-20,23-24H2,1-2H3. The van der Waals surface area contributed by atoms with Crippen LogP contribution in [0.25, 0.3) is 21.5 Å². The van der Waals surface area contributed by atoms with Crippen LogP contribution in [-0.4, -0.2) is 72.6 Å². The van der Waals surface area contributed by atoms with Crippen molar-refractivity contribution in [1.29, 1.82) is 0 Å². The highest BCUT2D eigenvalue weighted by molar-refractivity contribution is 6.07. The van der Waals surface area contributed by atoms with E-state index in [1.165, 1.54) is 32.0 Å². The number of hydrogen-bond acceptors (Lipinski definition) is 5. The molecule has 1 spiro atoms. The molecule has 2 aliphatic heterocycles. The molecule has 0 saturated carbocycles. The first-order valence-electron chi connectivity index (χ1n) is 14.4. The summed E-state index contributed by atoms with van der Waals surface area (Å²) in [4.78, 5) is 33.6. The second-order valence-electron chi connectivity index (χ2n) is 11.1. The van der Waals surface area contributed by atoms with Crippen LogP contribution in [0.4, 0.5) is 4.79 Å². The molecule has 212 valence electrons. The third-order valence-electron chi connectivity index (χ3n) is 8.77. The van der Waals surface area contributed by atoms with Crippen molar-refractivity contribution >= 4 is 33.5 Å². The van der Waals surface area contributed by atoms with Gasteiger partial charge in [-0.15, -0.1) is 0 Å². The van der Waals surface area contributed by atoms with E-state index in [0.717, 1.165) is 25.2 Å². The van der Waals surface area contributed by atoms with Crippen molar-refractivity contribution in [2.24, 2.45) is 0 Å². The number of likely N-dealkylation sites (tertiary alicyclic amines) is 1. The molecule has 4 aromatic carbocycles. The maximum absolute atomic E-state index is 14.1. The van der Waals surface area contributed by atoms with Gasteiger partial charge in [0.2, 0.25) is 0 Å². The predicted octanol–water partition coefficient (Wildman–Crippen LogP) is 5.84. The molecule has 0 aliphatic carbocycles. The third kappa shape index (κ3) is 5.04. The lowest BCUT2D eigenvalue weighted by molar-refractivity contribution is -0.136. The summed E-state index contributed by atoms with van der Waals surface area (Å²) in [6.45, 7) is 3.57. The zero-order chi connectivity index (χ0) is 28.4. The van der Waals surface area contributed by atoms with Gasteiger partial charge in [-0.25, -0.2) is 4.79 Å². The van der Waals surface area contributed by atoms with Gasteiger partial charge in [-0.3, -0.25) is 14.6 Å². The summed E-state index contributed by atoms with van der Waals surface area (Å²) < 4.78 is 10.6. The zero-order valence-corrected chi connectivity index (χ0v) is 23.8. The fraction of sp³-hybridized carbons (Fsp3) is 0.353. The van der Waals surface area contributed by atoms with E-state index in [0.29, 0.717) is 38.2 Å². The van der Waals surface area contributed by atoms with Crippen molar-refractivity contribution in [3.63, 3.8) is 0 Å². The Balaban J connectivity index is 1.25. The van der Waals surface area contributed by atoms with Gasteiger partial charge >= 0.3 is 6.03 Å². The molecular weight excluding hydrogens is 514 g/mol. The highest BCUT2D eigenvalue weighted by Gasteiger charge is 2.57. The number of methoxy groups -OCH3 is 2. The van der Waals surface area contributed by atoms with Crippen molar-refractivity contribution < 1.29 is 19.1 Å². The molecule has 2 saturated heterocycles. The van der Waals surface area contributed by atoms with E-state index < -0.39 is 5.54 Å². The Morgan fingerprint density at radius 1 is 0.805 bits per heavy atom. The number of nitrogens with zero attached hydrogens (tertiary/aromatic N) is 3. The number of carbonyl (C=O) groups excluding carboxylic acids is 2. The zero-order valence-electron chi connectivity index (χ0n) is 23.8. The molecule has 0 unspecified atom stereocenters. The number of piperidine rings is 1. The van der Waals surface area contributed by atoms with Gasteiger partial charge in [-0.1, -0.05) is 60.7 Å². The van der Waals surface area contributed by atoms with Crippen LogP contribution in [0, 0.1) is 0 Å². The van der Waals surface area contributed by atoms with Crippen molar-refractivity contribution in [3.8, 4) is 5.75 Å². The van der Waals surface area contributed by atoms with Crippen LogP contribution in [0.15, 0.2) is 78.9 Å². The molecule has 0 radical (unpaired) electrons. The number of imide groups is 1. The summed E-state index contributed by atoms with van der Waals surface area (Å²) in [5.41, 5.74) is 1.38. The third-order valence-corrected chi connectivity index (χ3v) is 8.77. The molecule has 2 heterocycles. The van der Waals surface area contributed by atoms with Crippen LogP contribution >= 0.6 is 0 Å². The van der Waals surface area contributed by atoms with E-state index in [2.05, 4.69) is 59.5 Å². The van der Waals surface area contributed by atoms with Crippen molar-refractivity contribution in [3.05, 3.63) is 90.0 Å². The van der Waals surface area contributed by atoms with Crippen LogP contribution < -0.4 is 4.74 Å². The Hall–Kier alpha value is -3.94. The lowest BCUT2D eigenvalue weighted by atomic mass is 9.85. The van der Waals surface area contributed by atoms with Crippen LogP contribution in [0.5, 0.6) is 5.75 Å². The van der Waals surface area contributed by atoms with Crippen molar-refractivity contribution in [1.82, 2.24) is 14.7 Å². The highest BCUT2D eigenvalue weighted by atomic mass is 16.5. The van der Waals surface area contributed by atoms with Crippen LogP contribution in [0.3, 0.4) is 0 Å². The Kier molecular flexibility index (Phi) is 7.65. The highest BCUT2D eigenvalue weighted by Crippen LogP contribution is 2.39. The quantitative estimate of drug-likeness (QED) is 0.149. The second-order valence-corrected chi connectivity index (χ2v) is 11.1. The lowest BCUT2D eigenvalue weighted by Crippen LogP contribution is -2.56. The number of rotatable bonds is 9. The molecule has 2 aliphatic rings. The molecule has 0 atom stereocenters. The molecule has 7 nitrogen and oxygen atoms in total. The molecule has 7 heteroatoms. The molecule has 0 aromatic heterocycles. The maximum atomic E-state index is 14.1. The van der Waals surface area contributed by atoms with E-state index in [1.807, 2.05) is 29.2 Å². The predicted molar refractivity (Wildman–Crippen MR) is 161 cm³/mol. The van der Waals surface area contributed by atoms with Crippen molar-refractivity contribution in [2.75, 3.05) is 40.5 Å². The Bertz CT molecular complexity index is 1520. The van der Waals surface area contributed by atoms with Gasteiger partial charge in [0.1, 0.15) is 11.3 Å². The Labute approximate surface area is 241 Å². The van der Waals surface area contributed by atoms with Gasteiger partial charge < -0.3 is 14.4 Å². The summed E-state index contributed by atoms with van der Waals surface area (Å²) in [5.74, 6) is 0.625. The van der Waals surface area contributed by atoms with Gasteiger partial charge in [0.25, 0.3) is 5.91 Å². The maximum Gasteiger partial charge on any atom is 0.327 e. The molecule has 2 fully saturated rings. The van der Waals surface area contributed by atoms with Gasteiger partial charge in [0.05, 0.1) is 13.7 Å². The first kappa shape index (κ1) is 27.2.